The van der Waals surface area contributed by atoms with Gasteiger partial charge in [-0.1, -0.05) is 0 Å². The molecule has 16 heavy (non-hydrogen) atoms. The number of rotatable bonds is 2. The number of nitrogens with zero attached hydrogens (tertiary/aromatic N) is 2. The van der Waals surface area contributed by atoms with Crippen molar-refractivity contribution in [3.63, 3.8) is 0 Å². The molecule has 84 valence electrons. The standard InChI is InChI=1S/C12H14N2O2/c15-8-9-2-1-6-14(9)12-10-4-7-16-11(10)3-5-13-12/h3-5,7,9,15H,1-2,6,8H2/t9-/m1/s1. The quantitative estimate of drug-likeness (QED) is 0.834. The first kappa shape index (κ1) is 9.66. The molecule has 2 aromatic heterocycles. The van der Waals surface area contributed by atoms with Gasteiger partial charge in [0.15, 0.2) is 0 Å². The average molecular weight is 218 g/mol. The summed E-state index contributed by atoms with van der Waals surface area (Å²) in [5.74, 6) is 0.933. The number of anilines is 1. The molecule has 1 aliphatic heterocycles. The summed E-state index contributed by atoms with van der Waals surface area (Å²) in [6, 6.07) is 4.00. The van der Waals surface area contributed by atoms with Gasteiger partial charge >= 0.3 is 0 Å². The maximum absolute atomic E-state index is 9.33. The van der Waals surface area contributed by atoms with Crippen LogP contribution in [0.1, 0.15) is 12.8 Å². The Morgan fingerprint density at radius 2 is 2.44 bits per heavy atom. The van der Waals surface area contributed by atoms with Gasteiger partial charge in [0.2, 0.25) is 0 Å². The summed E-state index contributed by atoms with van der Waals surface area (Å²) < 4.78 is 5.36. The first-order valence-corrected chi connectivity index (χ1v) is 5.60. The van der Waals surface area contributed by atoms with Crippen LogP contribution in [0.15, 0.2) is 29.0 Å². The van der Waals surface area contributed by atoms with Gasteiger partial charge in [0.05, 0.1) is 24.3 Å². The highest BCUT2D eigenvalue weighted by Crippen LogP contribution is 2.30. The summed E-state index contributed by atoms with van der Waals surface area (Å²) in [6.45, 7) is 1.15. The summed E-state index contributed by atoms with van der Waals surface area (Å²) in [6.07, 6.45) is 5.58. The number of aliphatic hydroxyl groups is 1. The van der Waals surface area contributed by atoms with Crippen LogP contribution in [0.3, 0.4) is 0 Å². The van der Waals surface area contributed by atoms with Gasteiger partial charge in [-0.2, -0.15) is 0 Å². The van der Waals surface area contributed by atoms with Crippen LogP contribution in [0, 0.1) is 0 Å². The number of pyridine rings is 1. The molecule has 3 heterocycles. The summed E-state index contributed by atoms with van der Waals surface area (Å²) >= 11 is 0. The van der Waals surface area contributed by atoms with Crippen molar-refractivity contribution < 1.29 is 9.52 Å². The van der Waals surface area contributed by atoms with Crippen LogP contribution in [-0.2, 0) is 0 Å². The molecule has 0 aliphatic carbocycles. The Morgan fingerprint density at radius 3 is 3.31 bits per heavy atom. The fourth-order valence-electron chi connectivity index (χ4n) is 2.41. The van der Waals surface area contributed by atoms with Crippen molar-refractivity contribution in [2.45, 2.75) is 18.9 Å². The molecule has 0 saturated carbocycles. The van der Waals surface area contributed by atoms with E-state index in [1.54, 1.807) is 12.5 Å². The number of aromatic nitrogens is 1. The zero-order valence-corrected chi connectivity index (χ0v) is 8.97. The highest BCUT2D eigenvalue weighted by molar-refractivity contribution is 5.88. The molecular formula is C12H14N2O2. The number of fused-ring (bicyclic) bond motifs is 1. The fraction of sp³-hybridized carbons (Fsp3) is 0.417. The first-order valence-electron chi connectivity index (χ1n) is 5.60. The van der Waals surface area contributed by atoms with E-state index in [0.29, 0.717) is 0 Å². The van der Waals surface area contributed by atoms with E-state index in [1.165, 1.54) is 0 Å². The van der Waals surface area contributed by atoms with E-state index in [1.807, 2.05) is 12.1 Å². The Hall–Kier alpha value is -1.55. The number of hydrogen-bond acceptors (Lipinski definition) is 4. The van der Waals surface area contributed by atoms with Crippen molar-refractivity contribution in [2.24, 2.45) is 0 Å². The second-order valence-corrected chi connectivity index (χ2v) is 4.14. The average Bonchev–Trinajstić information content (AvgIpc) is 2.96. The van der Waals surface area contributed by atoms with Gasteiger partial charge in [-0.3, -0.25) is 0 Å². The zero-order valence-electron chi connectivity index (χ0n) is 8.97. The van der Waals surface area contributed by atoms with Crippen molar-refractivity contribution in [2.75, 3.05) is 18.1 Å². The van der Waals surface area contributed by atoms with Gasteiger partial charge in [0, 0.05) is 12.7 Å². The topological polar surface area (TPSA) is 49.5 Å². The van der Waals surface area contributed by atoms with Gasteiger partial charge in [-0.15, -0.1) is 0 Å². The molecule has 4 heteroatoms. The molecule has 0 spiro atoms. The second kappa shape index (κ2) is 3.79. The number of furan rings is 1. The van der Waals surface area contributed by atoms with Gasteiger partial charge < -0.3 is 14.4 Å². The minimum Gasteiger partial charge on any atom is -0.464 e. The van der Waals surface area contributed by atoms with Crippen molar-refractivity contribution >= 4 is 16.8 Å². The molecule has 1 N–H and O–H groups in total. The second-order valence-electron chi connectivity index (χ2n) is 4.14. The van der Waals surface area contributed by atoms with Gasteiger partial charge in [-0.25, -0.2) is 4.98 Å². The highest BCUT2D eigenvalue weighted by atomic mass is 16.3. The van der Waals surface area contributed by atoms with Gasteiger partial charge in [0.1, 0.15) is 11.4 Å². The smallest absolute Gasteiger partial charge is 0.140 e. The Kier molecular flexibility index (Phi) is 2.29. The van der Waals surface area contributed by atoms with Crippen LogP contribution in [0.4, 0.5) is 5.82 Å². The van der Waals surface area contributed by atoms with E-state index in [0.717, 1.165) is 36.2 Å². The highest BCUT2D eigenvalue weighted by Gasteiger charge is 2.26. The molecule has 0 aromatic carbocycles. The van der Waals surface area contributed by atoms with Crippen molar-refractivity contribution in [1.82, 2.24) is 4.98 Å². The monoisotopic (exact) mass is 218 g/mol. The van der Waals surface area contributed by atoms with E-state index in [9.17, 15) is 5.11 Å². The van der Waals surface area contributed by atoms with E-state index in [4.69, 9.17) is 4.42 Å². The van der Waals surface area contributed by atoms with Crippen LogP contribution in [0.25, 0.3) is 11.0 Å². The fourth-order valence-corrected chi connectivity index (χ4v) is 2.41. The van der Waals surface area contributed by atoms with Gasteiger partial charge in [-0.05, 0) is 25.0 Å². The first-order chi connectivity index (χ1) is 7.90. The minimum atomic E-state index is 0.190. The predicted octanol–water partition coefficient (Wildman–Crippen LogP) is 1.79. The van der Waals surface area contributed by atoms with Crippen LogP contribution in [-0.4, -0.2) is 29.3 Å². The summed E-state index contributed by atoms with van der Waals surface area (Å²) in [7, 11) is 0. The van der Waals surface area contributed by atoms with E-state index in [2.05, 4.69) is 9.88 Å². The molecule has 2 aromatic rings. The molecule has 4 nitrogen and oxygen atoms in total. The number of aliphatic hydroxyl groups excluding tert-OH is 1. The molecule has 1 atom stereocenters. The van der Waals surface area contributed by atoms with Crippen molar-refractivity contribution in [3.05, 3.63) is 24.6 Å². The molecule has 1 aliphatic rings. The molecule has 1 saturated heterocycles. The molecule has 1 fully saturated rings. The number of hydrogen-bond donors (Lipinski definition) is 1. The van der Waals surface area contributed by atoms with Crippen molar-refractivity contribution in [1.29, 1.82) is 0 Å². The third-order valence-corrected chi connectivity index (χ3v) is 3.22. The SMILES string of the molecule is OC[C@H]1CCCN1c1nccc2occc12. The molecule has 0 bridgehead atoms. The van der Waals surface area contributed by atoms with Crippen molar-refractivity contribution in [3.8, 4) is 0 Å². The van der Waals surface area contributed by atoms with E-state index < -0.39 is 0 Å². The Bertz CT molecular complexity index is 494. The van der Waals surface area contributed by atoms with Crippen LogP contribution in [0.2, 0.25) is 0 Å². The molecule has 0 radical (unpaired) electrons. The third kappa shape index (κ3) is 1.38. The zero-order chi connectivity index (χ0) is 11.0. The van der Waals surface area contributed by atoms with E-state index in [-0.39, 0.29) is 12.6 Å². The molecule has 0 unspecified atom stereocenters. The lowest BCUT2D eigenvalue weighted by molar-refractivity contribution is 0.266. The molecule has 0 amide bonds. The molecule has 3 rings (SSSR count). The largest absolute Gasteiger partial charge is 0.464 e. The predicted molar refractivity (Wildman–Crippen MR) is 61.5 cm³/mol. The Balaban J connectivity index is 2.07. The van der Waals surface area contributed by atoms with E-state index >= 15 is 0 Å². The van der Waals surface area contributed by atoms with Crippen LogP contribution in [0.5, 0.6) is 0 Å². The Morgan fingerprint density at radius 1 is 1.50 bits per heavy atom. The maximum atomic E-state index is 9.33. The lowest BCUT2D eigenvalue weighted by Gasteiger charge is -2.24. The normalized spacial score (nSPS) is 20.8. The minimum absolute atomic E-state index is 0.190. The Labute approximate surface area is 93.5 Å². The maximum Gasteiger partial charge on any atom is 0.140 e. The lowest BCUT2D eigenvalue weighted by Crippen LogP contribution is -2.32. The molecular weight excluding hydrogens is 204 g/mol. The third-order valence-electron chi connectivity index (χ3n) is 3.22. The lowest BCUT2D eigenvalue weighted by atomic mass is 10.2. The summed E-state index contributed by atoms with van der Waals surface area (Å²) in [5.41, 5.74) is 0.855. The van der Waals surface area contributed by atoms with Crippen LogP contribution < -0.4 is 4.90 Å². The van der Waals surface area contributed by atoms with Crippen LogP contribution >= 0.6 is 0 Å². The summed E-state index contributed by atoms with van der Waals surface area (Å²) in [5, 5.41) is 10.4. The summed E-state index contributed by atoms with van der Waals surface area (Å²) in [4.78, 5) is 6.59. The van der Waals surface area contributed by atoms with Gasteiger partial charge in [0.25, 0.3) is 0 Å².